The second-order valence-electron chi connectivity index (χ2n) is 4.00. The second-order valence-corrected chi connectivity index (χ2v) is 4.00. The van der Waals surface area contributed by atoms with Crippen molar-refractivity contribution in [2.75, 3.05) is 0 Å². The first kappa shape index (κ1) is 11.5. The van der Waals surface area contributed by atoms with Crippen LogP contribution in [0.2, 0.25) is 0 Å². The average molecular weight is 230 g/mol. The van der Waals surface area contributed by atoms with Gasteiger partial charge in [0.2, 0.25) is 0 Å². The van der Waals surface area contributed by atoms with Gasteiger partial charge in [0.05, 0.1) is 4.92 Å². The maximum absolute atomic E-state index is 10.9. The van der Waals surface area contributed by atoms with E-state index in [0.29, 0.717) is 5.52 Å². The third-order valence-corrected chi connectivity index (χ3v) is 2.84. The third-order valence-electron chi connectivity index (χ3n) is 2.84. The van der Waals surface area contributed by atoms with Crippen molar-refractivity contribution in [3.63, 3.8) is 0 Å². The van der Waals surface area contributed by atoms with E-state index >= 15 is 0 Å². The molecule has 1 aromatic heterocycles. The molecule has 1 aromatic carbocycles. The van der Waals surface area contributed by atoms with E-state index in [9.17, 15) is 10.1 Å². The summed E-state index contributed by atoms with van der Waals surface area (Å²) in [7, 11) is 0. The van der Waals surface area contributed by atoms with Gasteiger partial charge in [0.1, 0.15) is 5.52 Å². The van der Waals surface area contributed by atoms with Crippen LogP contribution < -0.4 is 0 Å². The summed E-state index contributed by atoms with van der Waals surface area (Å²) >= 11 is 0. The van der Waals surface area contributed by atoms with Crippen LogP contribution in [0.5, 0.6) is 0 Å². The molecule has 17 heavy (non-hydrogen) atoms. The van der Waals surface area contributed by atoms with Crippen LogP contribution in [-0.2, 0) is 6.42 Å². The number of non-ortho nitro benzene ring substituents is 1. The van der Waals surface area contributed by atoms with Gasteiger partial charge >= 0.3 is 0 Å². The van der Waals surface area contributed by atoms with Gasteiger partial charge in [-0.25, -0.2) is 4.98 Å². The average Bonchev–Trinajstić information content (AvgIpc) is 2.35. The number of pyridine rings is 1. The Morgan fingerprint density at radius 1 is 1.35 bits per heavy atom. The van der Waals surface area contributed by atoms with Gasteiger partial charge in [-0.05, 0) is 24.5 Å². The number of nitro groups is 1. The van der Waals surface area contributed by atoms with Gasteiger partial charge in [-0.3, -0.25) is 10.1 Å². The molecule has 2 rings (SSSR count). The zero-order valence-corrected chi connectivity index (χ0v) is 9.72. The number of unbranched alkanes of at least 4 members (excludes halogenated alkanes) is 1. The van der Waals surface area contributed by atoms with Crippen molar-refractivity contribution in [3.8, 4) is 0 Å². The summed E-state index contributed by atoms with van der Waals surface area (Å²) in [6, 6.07) is 7.12. The maximum atomic E-state index is 10.9. The topological polar surface area (TPSA) is 56.0 Å². The van der Waals surface area contributed by atoms with Crippen molar-refractivity contribution in [1.82, 2.24) is 4.98 Å². The van der Waals surface area contributed by atoms with E-state index in [2.05, 4.69) is 11.9 Å². The lowest BCUT2D eigenvalue weighted by molar-refractivity contribution is -0.383. The van der Waals surface area contributed by atoms with Crippen LogP contribution in [0.25, 0.3) is 10.9 Å². The van der Waals surface area contributed by atoms with Crippen LogP contribution >= 0.6 is 0 Å². The molecule has 88 valence electrons. The minimum Gasteiger partial charge on any atom is -0.258 e. The highest BCUT2D eigenvalue weighted by molar-refractivity contribution is 5.89. The van der Waals surface area contributed by atoms with Crippen molar-refractivity contribution in [1.29, 1.82) is 0 Å². The summed E-state index contributed by atoms with van der Waals surface area (Å²) < 4.78 is 0. The Balaban J connectivity index is 2.58. The largest absolute Gasteiger partial charge is 0.295 e. The molecule has 0 unspecified atom stereocenters. The number of nitro benzene ring substituents is 1. The number of benzene rings is 1. The molecule has 0 bridgehead atoms. The highest BCUT2D eigenvalue weighted by Crippen LogP contribution is 2.27. The van der Waals surface area contributed by atoms with Crippen molar-refractivity contribution < 1.29 is 4.92 Å². The van der Waals surface area contributed by atoms with Crippen LogP contribution in [-0.4, -0.2) is 9.91 Å². The molecule has 0 fully saturated rings. The molecular weight excluding hydrogens is 216 g/mol. The van der Waals surface area contributed by atoms with E-state index in [1.165, 1.54) is 0 Å². The lowest BCUT2D eigenvalue weighted by Crippen LogP contribution is -1.95. The van der Waals surface area contributed by atoms with Crippen molar-refractivity contribution in [2.24, 2.45) is 0 Å². The number of fused-ring (bicyclic) bond motifs is 1. The molecule has 0 amide bonds. The molecule has 0 saturated carbocycles. The fourth-order valence-electron chi connectivity index (χ4n) is 1.95. The number of nitrogens with zero attached hydrogens (tertiary/aromatic N) is 2. The monoisotopic (exact) mass is 230 g/mol. The predicted molar refractivity (Wildman–Crippen MR) is 67.0 cm³/mol. The highest BCUT2D eigenvalue weighted by atomic mass is 16.6. The fraction of sp³-hybridized carbons (Fsp3) is 0.308. The van der Waals surface area contributed by atoms with Crippen LogP contribution in [0.4, 0.5) is 5.69 Å². The normalized spacial score (nSPS) is 10.6. The molecule has 1 heterocycles. The zero-order chi connectivity index (χ0) is 12.3. The summed E-state index contributed by atoms with van der Waals surface area (Å²) in [5, 5.41) is 11.8. The molecule has 0 N–H and O–H groups in total. The molecule has 2 aromatic rings. The predicted octanol–water partition coefficient (Wildman–Crippen LogP) is 3.49. The van der Waals surface area contributed by atoms with Gasteiger partial charge in [0.15, 0.2) is 0 Å². The Labute approximate surface area is 99.4 Å². The number of aromatic nitrogens is 1. The second kappa shape index (κ2) is 4.91. The molecule has 0 aliphatic carbocycles. The Bertz CT molecular complexity index is 552. The Kier molecular flexibility index (Phi) is 3.32. The third kappa shape index (κ3) is 2.25. The minimum atomic E-state index is -0.376. The van der Waals surface area contributed by atoms with E-state index in [-0.39, 0.29) is 10.6 Å². The Morgan fingerprint density at radius 2 is 2.18 bits per heavy atom. The van der Waals surface area contributed by atoms with Gasteiger partial charge in [-0.2, -0.15) is 0 Å². The summed E-state index contributed by atoms with van der Waals surface area (Å²) in [4.78, 5) is 14.7. The first-order valence-electron chi connectivity index (χ1n) is 5.75. The Hall–Kier alpha value is -1.97. The quantitative estimate of drug-likeness (QED) is 0.596. The minimum absolute atomic E-state index is 0.0841. The van der Waals surface area contributed by atoms with Gasteiger partial charge in [0, 0.05) is 17.6 Å². The standard InChI is InChI=1S/C13H14N2O2/c1-2-3-5-10-7-8-12(15(16)17)13-11(10)6-4-9-14-13/h4,6-9H,2-3,5H2,1H3. The summed E-state index contributed by atoms with van der Waals surface area (Å²) in [5.41, 5.74) is 1.72. The number of hydrogen-bond donors (Lipinski definition) is 0. The summed E-state index contributed by atoms with van der Waals surface area (Å²) in [6.45, 7) is 2.13. The molecule has 0 saturated heterocycles. The van der Waals surface area contributed by atoms with E-state index in [0.717, 1.165) is 30.2 Å². The molecule has 0 aliphatic heterocycles. The summed E-state index contributed by atoms with van der Waals surface area (Å²) in [6.07, 6.45) is 4.73. The van der Waals surface area contributed by atoms with Crippen LogP contribution in [0.1, 0.15) is 25.3 Å². The van der Waals surface area contributed by atoms with Gasteiger partial charge in [0.25, 0.3) is 5.69 Å². The highest BCUT2D eigenvalue weighted by Gasteiger charge is 2.14. The fourth-order valence-corrected chi connectivity index (χ4v) is 1.95. The maximum Gasteiger partial charge on any atom is 0.295 e. The van der Waals surface area contributed by atoms with E-state index in [1.807, 2.05) is 18.2 Å². The molecule has 0 spiro atoms. The van der Waals surface area contributed by atoms with Crippen LogP contribution in [0.15, 0.2) is 30.5 Å². The number of rotatable bonds is 4. The first-order valence-corrected chi connectivity index (χ1v) is 5.75. The zero-order valence-electron chi connectivity index (χ0n) is 9.72. The van der Waals surface area contributed by atoms with Crippen LogP contribution in [0.3, 0.4) is 0 Å². The molecule has 4 heteroatoms. The SMILES string of the molecule is CCCCc1ccc([N+](=O)[O-])c2ncccc12. The number of hydrogen-bond acceptors (Lipinski definition) is 3. The van der Waals surface area contributed by atoms with Crippen molar-refractivity contribution in [2.45, 2.75) is 26.2 Å². The molecular formula is C13H14N2O2. The summed E-state index contributed by atoms with van der Waals surface area (Å²) in [5.74, 6) is 0. The molecule has 0 aliphatic rings. The molecule has 0 atom stereocenters. The lowest BCUT2D eigenvalue weighted by Gasteiger charge is -2.05. The van der Waals surface area contributed by atoms with Gasteiger partial charge in [-0.15, -0.1) is 0 Å². The van der Waals surface area contributed by atoms with Crippen LogP contribution in [0, 0.1) is 10.1 Å². The van der Waals surface area contributed by atoms with E-state index < -0.39 is 0 Å². The Morgan fingerprint density at radius 3 is 2.88 bits per heavy atom. The lowest BCUT2D eigenvalue weighted by atomic mass is 10.0. The van der Waals surface area contributed by atoms with Crippen molar-refractivity contribution in [3.05, 3.63) is 46.1 Å². The first-order chi connectivity index (χ1) is 8.24. The van der Waals surface area contributed by atoms with Crippen molar-refractivity contribution >= 4 is 16.6 Å². The van der Waals surface area contributed by atoms with Gasteiger partial charge < -0.3 is 0 Å². The van der Waals surface area contributed by atoms with E-state index in [1.54, 1.807) is 12.3 Å². The van der Waals surface area contributed by atoms with E-state index in [4.69, 9.17) is 0 Å². The molecule has 0 radical (unpaired) electrons. The molecule has 4 nitrogen and oxygen atoms in total. The smallest absolute Gasteiger partial charge is 0.258 e. The number of aryl methyl sites for hydroxylation is 1. The van der Waals surface area contributed by atoms with Gasteiger partial charge in [-0.1, -0.05) is 25.5 Å².